The molecule has 3 nitrogen and oxygen atoms in total. The maximum atomic E-state index is 13.2. The molecule has 0 amide bonds. The van der Waals surface area contributed by atoms with Gasteiger partial charge in [0.05, 0.1) is 6.61 Å². The molecule has 1 saturated heterocycles. The molecular weight excluding hydrogens is 387 g/mol. The van der Waals surface area contributed by atoms with Crippen LogP contribution in [0.3, 0.4) is 0 Å². The van der Waals surface area contributed by atoms with Crippen molar-refractivity contribution in [2.45, 2.75) is 25.2 Å². The van der Waals surface area contributed by atoms with E-state index in [2.05, 4.69) is 19.1 Å². The molecule has 2 bridgehead atoms. The second-order valence-corrected chi connectivity index (χ2v) is 8.57. The summed E-state index contributed by atoms with van der Waals surface area (Å²) in [6.45, 7) is 2.45. The van der Waals surface area contributed by atoms with E-state index in [4.69, 9.17) is 9.47 Å². The van der Waals surface area contributed by atoms with Crippen molar-refractivity contribution in [2.24, 2.45) is 0 Å². The number of carbonyl (C=O) groups excluding carboxylic acids is 1. The number of rotatable bonds is 4. The van der Waals surface area contributed by atoms with Gasteiger partial charge in [0.2, 0.25) is 5.78 Å². The van der Waals surface area contributed by atoms with E-state index < -0.39 is 5.79 Å². The second kappa shape index (κ2) is 7.02. The SMILES string of the molecule is Cc1ccc(C23OC[C@H](C=CC2=O)O3)cc1Cc1ccc(-c2ccc(F)cc2)s1. The maximum absolute atomic E-state index is 13.2. The molecule has 3 aromatic rings. The molecule has 0 spiro atoms. The number of thiophene rings is 1. The second-order valence-electron chi connectivity index (χ2n) is 7.40. The lowest BCUT2D eigenvalue weighted by Crippen LogP contribution is -2.38. The average molecular weight is 406 g/mol. The van der Waals surface area contributed by atoms with E-state index in [0.717, 1.165) is 33.6 Å². The quantitative estimate of drug-likeness (QED) is 0.600. The summed E-state index contributed by atoms with van der Waals surface area (Å²) in [7, 11) is 0. The summed E-state index contributed by atoms with van der Waals surface area (Å²) in [6, 6.07) is 16.7. The van der Waals surface area contributed by atoms with E-state index in [1.165, 1.54) is 17.0 Å². The zero-order valence-electron chi connectivity index (χ0n) is 15.9. The Morgan fingerprint density at radius 1 is 1.14 bits per heavy atom. The van der Waals surface area contributed by atoms with Gasteiger partial charge in [-0.25, -0.2) is 4.39 Å². The lowest BCUT2D eigenvalue weighted by Gasteiger charge is -2.28. The van der Waals surface area contributed by atoms with Gasteiger partial charge >= 0.3 is 0 Å². The number of halogens is 1. The highest BCUT2D eigenvalue weighted by atomic mass is 32.1. The molecule has 2 aliphatic heterocycles. The van der Waals surface area contributed by atoms with Crippen LogP contribution in [-0.4, -0.2) is 18.5 Å². The Morgan fingerprint density at radius 2 is 1.97 bits per heavy atom. The van der Waals surface area contributed by atoms with Gasteiger partial charge in [-0.1, -0.05) is 24.3 Å². The maximum Gasteiger partial charge on any atom is 0.261 e. The largest absolute Gasteiger partial charge is 0.337 e. The Bertz CT molecular complexity index is 1120. The van der Waals surface area contributed by atoms with E-state index in [9.17, 15) is 9.18 Å². The van der Waals surface area contributed by atoms with Gasteiger partial charge in [0, 0.05) is 21.7 Å². The molecule has 1 unspecified atom stereocenters. The Hall–Kier alpha value is -2.60. The number of fused-ring (bicyclic) bond motifs is 2. The van der Waals surface area contributed by atoms with Gasteiger partial charge in [-0.3, -0.25) is 4.79 Å². The minimum atomic E-state index is -1.31. The number of benzene rings is 2. The third-order valence-electron chi connectivity index (χ3n) is 5.44. The van der Waals surface area contributed by atoms with Gasteiger partial charge < -0.3 is 9.47 Å². The molecule has 5 heteroatoms. The van der Waals surface area contributed by atoms with Gasteiger partial charge in [0.15, 0.2) is 0 Å². The van der Waals surface area contributed by atoms with E-state index in [1.54, 1.807) is 35.6 Å². The Kier molecular flexibility index (Phi) is 4.46. The number of hydrogen-bond acceptors (Lipinski definition) is 4. The number of carbonyl (C=O) groups is 1. The molecule has 5 rings (SSSR count). The number of ketones is 1. The molecule has 0 aliphatic carbocycles. The monoisotopic (exact) mass is 406 g/mol. The summed E-state index contributed by atoms with van der Waals surface area (Å²) in [5.41, 5.74) is 4.02. The van der Waals surface area contributed by atoms with Crippen molar-refractivity contribution in [2.75, 3.05) is 6.61 Å². The summed E-state index contributed by atoms with van der Waals surface area (Å²) >= 11 is 1.69. The van der Waals surface area contributed by atoms with Gasteiger partial charge in [0.1, 0.15) is 11.9 Å². The Labute approximate surface area is 172 Å². The first-order valence-corrected chi connectivity index (χ1v) is 10.3. The minimum Gasteiger partial charge on any atom is -0.337 e. The summed E-state index contributed by atoms with van der Waals surface area (Å²) in [5, 5.41) is 0. The molecule has 146 valence electrons. The van der Waals surface area contributed by atoms with Crippen molar-refractivity contribution in [3.05, 3.63) is 94.1 Å². The smallest absolute Gasteiger partial charge is 0.261 e. The molecule has 1 aromatic heterocycles. The summed E-state index contributed by atoms with van der Waals surface area (Å²) in [5.74, 6) is -1.71. The topological polar surface area (TPSA) is 35.5 Å². The molecule has 29 heavy (non-hydrogen) atoms. The molecule has 2 aliphatic rings. The van der Waals surface area contributed by atoms with Crippen LogP contribution in [-0.2, 0) is 26.5 Å². The average Bonchev–Trinajstić information content (AvgIpc) is 3.33. The fraction of sp³-hybridized carbons (Fsp3) is 0.208. The molecule has 3 heterocycles. The van der Waals surface area contributed by atoms with Crippen molar-refractivity contribution < 1.29 is 18.7 Å². The normalized spacial score (nSPS) is 23.0. The predicted octanol–water partition coefficient (Wildman–Crippen LogP) is 5.16. The van der Waals surface area contributed by atoms with Crippen molar-refractivity contribution in [1.29, 1.82) is 0 Å². The summed E-state index contributed by atoms with van der Waals surface area (Å²) in [6.07, 6.45) is 3.89. The Balaban J connectivity index is 1.44. The molecule has 0 saturated carbocycles. The lowest BCUT2D eigenvalue weighted by molar-refractivity contribution is -0.185. The van der Waals surface area contributed by atoms with Crippen LogP contribution in [0.2, 0.25) is 0 Å². The lowest BCUT2D eigenvalue weighted by atomic mass is 9.94. The minimum absolute atomic E-state index is 0.171. The van der Waals surface area contributed by atoms with Crippen LogP contribution >= 0.6 is 11.3 Å². The summed E-state index contributed by atoms with van der Waals surface area (Å²) < 4.78 is 24.9. The highest BCUT2D eigenvalue weighted by Gasteiger charge is 2.50. The van der Waals surface area contributed by atoms with Crippen molar-refractivity contribution in [3.8, 4) is 10.4 Å². The van der Waals surface area contributed by atoms with Gasteiger partial charge in [-0.15, -0.1) is 11.3 Å². The molecular formula is C24H19FO3S. The first kappa shape index (κ1) is 18.4. The van der Waals surface area contributed by atoms with E-state index >= 15 is 0 Å². The van der Waals surface area contributed by atoms with Crippen molar-refractivity contribution in [3.63, 3.8) is 0 Å². The first-order valence-electron chi connectivity index (χ1n) is 9.52. The van der Waals surface area contributed by atoms with Crippen LogP contribution in [0.15, 0.2) is 66.7 Å². The molecule has 2 aromatic carbocycles. The van der Waals surface area contributed by atoms with Gasteiger partial charge in [0.25, 0.3) is 5.79 Å². The van der Waals surface area contributed by atoms with Crippen LogP contribution in [0.1, 0.15) is 21.6 Å². The van der Waals surface area contributed by atoms with Crippen molar-refractivity contribution in [1.82, 2.24) is 0 Å². The molecule has 1 fully saturated rings. The highest BCUT2D eigenvalue weighted by Crippen LogP contribution is 2.40. The standard InChI is InChI=1S/C24H19FO3S/c1-15-2-5-18(24-23(26)11-8-20(28-24)14-27-24)12-17(15)13-21-9-10-22(29-21)16-3-6-19(25)7-4-16/h2-12,20H,13-14H2,1H3/t20-,24?/m0/s1. The fourth-order valence-corrected chi connectivity index (χ4v) is 4.84. The third kappa shape index (κ3) is 3.25. The number of aryl methyl sites for hydroxylation is 1. The van der Waals surface area contributed by atoms with Gasteiger partial charge in [-0.05, 0) is 66.1 Å². The molecule has 0 N–H and O–H groups in total. The fourth-order valence-electron chi connectivity index (χ4n) is 3.80. The van der Waals surface area contributed by atoms with Crippen LogP contribution < -0.4 is 0 Å². The van der Waals surface area contributed by atoms with E-state index in [-0.39, 0.29) is 17.7 Å². The first-order chi connectivity index (χ1) is 14.0. The van der Waals surface area contributed by atoms with Crippen LogP contribution in [0.5, 0.6) is 0 Å². The van der Waals surface area contributed by atoms with Gasteiger partial charge in [-0.2, -0.15) is 0 Å². The highest BCUT2D eigenvalue weighted by molar-refractivity contribution is 7.15. The number of hydrogen-bond donors (Lipinski definition) is 0. The van der Waals surface area contributed by atoms with E-state index in [1.807, 2.05) is 18.2 Å². The zero-order valence-corrected chi connectivity index (χ0v) is 16.7. The van der Waals surface area contributed by atoms with Crippen LogP contribution in [0.25, 0.3) is 10.4 Å². The van der Waals surface area contributed by atoms with E-state index in [0.29, 0.717) is 6.61 Å². The molecule has 2 atom stereocenters. The van der Waals surface area contributed by atoms with Crippen LogP contribution in [0.4, 0.5) is 4.39 Å². The van der Waals surface area contributed by atoms with Crippen molar-refractivity contribution >= 4 is 17.1 Å². The predicted molar refractivity (Wildman–Crippen MR) is 110 cm³/mol. The zero-order chi connectivity index (χ0) is 20.0. The number of ether oxygens (including phenoxy) is 2. The van der Waals surface area contributed by atoms with Crippen LogP contribution in [0, 0.1) is 12.7 Å². The molecule has 0 radical (unpaired) electrons. The third-order valence-corrected chi connectivity index (χ3v) is 6.57. The Morgan fingerprint density at radius 3 is 2.79 bits per heavy atom. The summed E-state index contributed by atoms with van der Waals surface area (Å²) in [4.78, 5) is 14.9.